The first-order chi connectivity index (χ1) is 11.1. The first-order valence-electron chi connectivity index (χ1n) is 8.58. The van der Waals surface area contributed by atoms with Crippen LogP contribution >= 0.6 is 0 Å². The maximum absolute atomic E-state index is 12.2. The van der Waals surface area contributed by atoms with Gasteiger partial charge in [0.15, 0.2) is 5.75 Å². The van der Waals surface area contributed by atoms with Crippen molar-refractivity contribution in [1.29, 1.82) is 0 Å². The summed E-state index contributed by atoms with van der Waals surface area (Å²) in [4.78, 5) is 16.8. The van der Waals surface area contributed by atoms with E-state index in [4.69, 9.17) is 4.74 Å². The summed E-state index contributed by atoms with van der Waals surface area (Å²) in [6, 6.07) is 1.57. The Bertz CT molecular complexity index is 587. The van der Waals surface area contributed by atoms with E-state index < -0.39 is 0 Å². The van der Waals surface area contributed by atoms with E-state index in [0.717, 1.165) is 57.3 Å². The molecule has 0 unspecified atom stereocenters. The molecule has 2 fully saturated rings. The fraction of sp³-hybridized carbons (Fsp3) is 0.706. The molecule has 0 radical (unpaired) electrons. The van der Waals surface area contributed by atoms with Crippen LogP contribution in [0, 0.1) is 0 Å². The van der Waals surface area contributed by atoms with Gasteiger partial charge in [-0.2, -0.15) is 0 Å². The van der Waals surface area contributed by atoms with Gasteiger partial charge in [-0.25, -0.2) is 0 Å². The highest BCUT2D eigenvalue weighted by Gasteiger charge is 2.19. The Hall–Kier alpha value is -1.37. The third-order valence-corrected chi connectivity index (χ3v) is 4.95. The fourth-order valence-electron chi connectivity index (χ4n) is 3.44. The average Bonchev–Trinajstić information content (AvgIpc) is 2.58. The molecule has 0 spiro atoms. The van der Waals surface area contributed by atoms with Crippen molar-refractivity contribution in [3.05, 3.63) is 27.7 Å². The maximum Gasteiger partial charge on any atom is 0.223 e. The number of pyridine rings is 1. The van der Waals surface area contributed by atoms with E-state index in [0.29, 0.717) is 6.54 Å². The quantitative estimate of drug-likeness (QED) is 0.893. The molecule has 6 nitrogen and oxygen atoms in total. The summed E-state index contributed by atoms with van der Waals surface area (Å²) in [5.74, 6) is -0.0937. The molecule has 0 bridgehead atoms. The number of morpholine rings is 1. The van der Waals surface area contributed by atoms with Crippen LogP contribution in [0.3, 0.4) is 0 Å². The molecule has 0 amide bonds. The van der Waals surface area contributed by atoms with Crippen LogP contribution < -0.4 is 5.43 Å². The van der Waals surface area contributed by atoms with Crippen LogP contribution in [0.4, 0.5) is 0 Å². The van der Waals surface area contributed by atoms with E-state index in [9.17, 15) is 9.90 Å². The fourth-order valence-corrected chi connectivity index (χ4v) is 3.44. The average molecular weight is 321 g/mol. The molecule has 2 aliphatic heterocycles. The number of aromatic hydroxyl groups is 1. The molecule has 1 N–H and O–H groups in total. The summed E-state index contributed by atoms with van der Waals surface area (Å²) in [5, 5.41) is 10.2. The number of rotatable bonds is 4. The number of aromatic nitrogens is 1. The van der Waals surface area contributed by atoms with Crippen molar-refractivity contribution in [3.63, 3.8) is 0 Å². The van der Waals surface area contributed by atoms with Gasteiger partial charge in [-0.15, -0.1) is 0 Å². The van der Waals surface area contributed by atoms with Crippen LogP contribution in [0.2, 0.25) is 0 Å². The van der Waals surface area contributed by atoms with Crippen molar-refractivity contribution in [3.8, 4) is 5.75 Å². The largest absolute Gasteiger partial charge is 0.503 e. The standard InChI is InChI=1S/C17H27N3O3/c1-18-14(12-20-7-9-23-10-8-20)11-16(21)17(22)15(18)13-19-5-3-2-4-6-19/h11,22H,2-10,12-13H2,1H3. The molecule has 0 saturated carbocycles. The summed E-state index contributed by atoms with van der Waals surface area (Å²) < 4.78 is 7.38. The number of likely N-dealkylation sites (tertiary alicyclic amines) is 1. The van der Waals surface area contributed by atoms with Gasteiger partial charge in [0, 0.05) is 45.0 Å². The van der Waals surface area contributed by atoms with Crippen LogP contribution in [0.15, 0.2) is 10.9 Å². The lowest BCUT2D eigenvalue weighted by Crippen LogP contribution is -2.37. The Morgan fingerprint density at radius 2 is 1.70 bits per heavy atom. The van der Waals surface area contributed by atoms with Gasteiger partial charge in [0.1, 0.15) is 0 Å². The first-order valence-corrected chi connectivity index (χ1v) is 8.58. The minimum atomic E-state index is -0.265. The van der Waals surface area contributed by atoms with E-state index in [2.05, 4.69) is 9.80 Å². The molecule has 0 aliphatic carbocycles. The molecule has 2 aliphatic rings. The normalized spacial score (nSPS) is 20.7. The zero-order valence-corrected chi connectivity index (χ0v) is 14.0. The zero-order chi connectivity index (χ0) is 16.2. The van der Waals surface area contributed by atoms with Crippen LogP contribution in [-0.2, 0) is 24.9 Å². The summed E-state index contributed by atoms with van der Waals surface area (Å²) in [6.45, 7) is 6.71. The van der Waals surface area contributed by atoms with E-state index in [1.54, 1.807) is 6.07 Å². The number of piperidine rings is 1. The number of hydrogen-bond acceptors (Lipinski definition) is 5. The van der Waals surface area contributed by atoms with Crippen LogP contribution in [0.1, 0.15) is 30.7 Å². The van der Waals surface area contributed by atoms with E-state index in [-0.39, 0.29) is 11.2 Å². The van der Waals surface area contributed by atoms with Crippen molar-refractivity contribution in [2.75, 3.05) is 39.4 Å². The predicted octanol–water partition coefficient (Wildman–Crippen LogP) is 0.909. The van der Waals surface area contributed by atoms with Gasteiger partial charge in [0.05, 0.1) is 18.9 Å². The minimum absolute atomic E-state index is 0.0937. The van der Waals surface area contributed by atoms with Crippen molar-refractivity contribution >= 4 is 0 Å². The Morgan fingerprint density at radius 3 is 2.39 bits per heavy atom. The van der Waals surface area contributed by atoms with Crippen LogP contribution in [0.5, 0.6) is 5.75 Å². The van der Waals surface area contributed by atoms with Gasteiger partial charge in [-0.05, 0) is 25.9 Å². The molecular weight excluding hydrogens is 294 g/mol. The summed E-state index contributed by atoms with van der Waals surface area (Å²) in [5.41, 5.74) is 1.43. The maximum atomic E-state index is 12.2. The summed E-state index contributed by atoms with van der Waals surface area (Å²) in [6.07, 6.45) is 3.67. The molecule has 1 aromatic rings. The van der Waals surface area contributed by atoms with Gasteiger partial charge in [0.2, 0.25) is 5.43 Å². The molecule has 3 heterocycles. The number of ether oxygens (including phenoxy) is 1. The van der Waals surface area contributed by atoms with Crippen molar-refractivity contribution in [2.24, 2.45) is 7.05 Å². The molecule has 6 heteroatoms. The Labute approximate surface area is 137 Å². The van der Waals surface area contributed by atoms with E-state index in [1.807, 2.05) is 11.6 Å². The topological polar surface area (TPSA) is 57.9 Å². The second kappa shape index (κ2) is 7.47. The molecule has 23 heavy (non-hydrogen) atoms. The molecule has 1 aromatic heterocycles. The zero-order valence-electron chi connectivity index (χ0n) is 14.0. The van der Waals surface area contributed by atoms with Gasteiger partial charge < -0.3 is 14.4 Å². The highest BCUT2D eigenvalue weighted by atomic mass is 16.5. The lowest BCUT2D eigenvalue weighted by Gasteiger charge is -2.30. The lowest BCUT2D eigenvalue weighted by atomic mass is 10.1. The third-order valence-electron chi connectivity index (χ3n) is 4.95. The number of hydrogen-bond donors (Lipinski definition) is 1. The van der Waals surface area contributed by atoms with Gasteiger partial charge in [-0.3, -0.25) is 14.6 Å². The van der Waals surface area contributed by atoms with Gasteiger partial charge in [-0.1, -0.05) is 6.42 Å². The first kappa shape index (κ1) is 16.5. The van der Waals surface area contributed by atoms with Gasteiger partial charge in [0.25, 0.3) is 0 Å². The van der Waals surface area contributed by atoms with Crippen molar-refractivity contribution < 1.29 is 9.84 Å². The van der Waals surface area contributed by atoms with Gasteiger partial charge >= 0.3 is 0 Å². The second-order valence-corrected chi connectivity index (χ2v) is 6.58. The number of nitrogens with zero attached hydrogens (tertiary/aromatic N) is 3. The van der Waals surface area contributed by atoms with Crippen LogP contribution in [0.25, 0.3) is 0 Å². The Morgan fingerprint density at radius 1 is 1.04 bits per heavy atom. The second-order valence-electron chi connectivity index (χ2n) is 6.58. The van der Waals surface area contributed by atoms with E-state index >= 15 is 0 Å². The highest BCUT2D eigenvalue weighted by molar-refractivity contribution is 5.30. The summed E-state index contributed by atoms with van der Waals surface area (Å²) in [7, 11) is 1.95. The monoisotopic (exact) mass is 321 g/mol. The minimum Gasteiger partial charge on any atom is -0.503 e. The van der Waals surface area contributed by atoms with Crippen LogP contribution in [-0.4, -0.2) is 58.9 Å². The highest BCUT2D eigenvalue weighted by Crippen LogP contribution is 2.19. The van der Waals surface area contributed by atoms with Crippen molar-refractivity contribution in [1.82, 2.24) is 14.4 Å². The Kier molecular flexibility index (Phi) is 5.35. The lowest BCUT2D eigenvalue weighted by molar-refractivity contribution is 0.0331. The SMILES string of the molecule is Cn1c(CN2CCOCC2)cc(=O)c(O)c1CN1CCCCC1. The molecular formula is C17H27N3O3. The molecule has 128 valence electrons. The molecule has 3 rings (SSSR count). The van der Waals surface area contributed by atoms with Crippen molar-refractivity contribution in [2.45, 2.75) is 32.4 Å². The predicted molar refractivity (Wildman–Crippen MR) is 88.6 cm³/mol. The summed E-state index contributed by atoms with van der Waals surface area (Å²) >= 11 is 0. The van der Waals surface area contributed by atoms with E-state index in [1.165, 1.54) is 19.3 Å². The molecule has 0 atom stereocenters. The smallest absolute Gasteiger partial charge is 0.223 e. The Balaban J connectivity index is 1.81. The third kappa shape index (κ3) is 3.94. The molecule has 0 aromatic carbocycles. The molecule has 2 saturated heterocycles.